The molecule has 0 N–H and O–H groups in total. The number of hydrogen-bond acceptors (Lipinski definition) is 4. The molecule has 0 aliphatic carbocycles. The molecule has 4 nitrogen and oxygen atoms in total. The largest absolute Gasteiger partial charge is 0.441 e. The number of aromatic nitrogens is 1. The smallest absolute Gasteiger partial charge is 0.308 e. The van der Waals surface area contributed by atoms with Crippen molar-refractivity contribution in [1.29, 1.82) is 0 Å². The first-order valence-electron chi connectivity index (χ1n) is 4.21. The highest BCUT2D eigenvalue weighted by Gasteiger charge is 2.04. The Bertz CT molecular complexity index is 487. The maximum atomic E-state index is 10.7. The minimum Gasteiger partial charge on any atom is -0.441 e. The van der Waals surface area contributed by atoms with Gasteiger partial charge in [0.2, 0.25) is 0 Å². The second-order valence-corrected chi connectivity index (χ2v) is 2.96. The second kappa shape index (κ2) is 3.14. The fourth-order valence-corrected chi connectivity index (χ4v) is 1.25. The lowest BCUT2D eigenvalue weighted by atomic mass is 10.3. The van der Waals surface area contributed by atoms with Gasteiger partial charge in [-0.15, -0.1) is 0 Å². The molecule has 2 aromatic rings. The summed E-state index contributed by atoms with van der Waals surface area (Å²) in [6.07, 6.45) is 0. The van der Waals surface area contributed by atoms with E-state index in [1.54, 1.807) is 25.1 Å². The van der Waals surface area contributed by atoms with Crippen molar-refractivity contribution < 1.29 is 13.9 Å². The molecule has 0 atom stereocenters. The number of nitrogens with zero attached hydrogens (tertiary/aromatic N) is 1. The highest BCUT2D eigenvalue weighted by molar-refractivity contribution is 5.76. The summed E-state index contributed by atoms with van der Waals surface area (Å²) in [6.45, 7) is 3.13. The monoisotopic (exact) mass is 191 g/mol. The number of carbonyl (C=O) groups excluding carboxylic acids is 1. The average Bonchev–Trinajstić information content (AvgIpc) is 2.42. The lowest BCUT2D eigenvalue weighted by Crippen LogP contribution is -2.00. The molecule has 1 aromatic heterocycles. The third-order valence-electron chi connectivity index (χ3n) is 1.73. The fraction of sp³-hybridized carbons (Fsp3) is 0.200. The number of oxazole rings is 1. The van der Waals surface area contributed by atoms with E-state index < -0.39 is 0 Å². The number of ether oxygens (including phenoxy) is 1. The van der Waals surface area contributed by atoms with Crippen molar-refractivity contribution in [2.24, 2.45) is 0 Å². The van der Waals surface area contributed by atoms with E-state index in [9.17, 15) is 4.79 Å². The zero-order chi connectivity index (χ0) is 10.1. The quantitative estimate of drug-likeness (QED) is 0.511. The fourth-order valence-electron chi connectivity index (χ4n) is 1.25. The molecule has 0 fully saturated rings. The third kappa shape index (κ3) is 1.59. The number of rotatable bonds is 1. The van der Waals surface area contributed by atoms with Crippen LogP contribution in [0.1, 0.15) is 12.8 Å². The molecule has 2 rings (SSSR count). The van der Waals surface area contributed by atoms with E-state index in [2.05, 4.69) is 4.98 Å². The van der Waals surface area contributed by atoms with Gasteiger partial charge in [-0.25, -0.2) is 4.98 Å². The average molecular weight is 191 g/mol. The van der Waals surface area contributed by atoms with Crippen LogP contribution >= 0.6 is 0 Å². The summed E-state index contributed by atoms with van der Waals surface area (Å²) in [6, 6.07) is 5.08. The summed E-state index contributed by atoms with van der Waals surface area (Å²) in [7, 11) is 0. The summed E-state index contributed by atoms with van der Waals surface area (Å²) in [4.78, 5) is 14.8. The zero-order valence-electron chi connectivity index (χ0n) is 7.90. The molecular weight excluding hydrogens is 182 g/mol. The summed E-state index contributed by atoms with van der Waals surface area (Å²) in [5.74, 6) is 0.739. The van der Waals surface area contributed by atoms with Crippen molar-refractivity contribution in [2.75, 3.05) is 0 Å². The van der Waals surface area contributed by atoms with Gasteiger partial charge in [-0.1, -0.05) is 0 Å². The molecule has 0 unspecified atom stereocenters. The first-order valence-corrected chi connectivity index (χ1v) is 4.21. The highest BCUT2D eigenvalue weighted by atomic mass is 16.5. The minimum atomic E-state index is -0.343. The van der Waals surface area contributed by atoms with Gasteiger partial charge in [0.1, 0.15) is 11.3 Å². The maximum absolute atomic E-state index is 10.7. The molecule has 0 amide bonds. The molecule has 72 valence electrons. The molecule has 1 heterocycles. The predicted molar refractivity (Wildman–Crippen MR) is 50.1 cm³/mol. The molecule has 0 bridgehead atoms. The van der Waals surface area contributed by atoms with E-state index >= 15 is 0 Å². The van der Waals surface area contributed by atoms with Crippen LogP contribution in [0.2, 0.25) is 0 Å². The van der Waals surface area contributed by atoms with E-state index in [-0.39, 0.29) is 5.97 Å². The zero-order valence-corrected chi connectivity index (χ0v) is 7.90. The molecule has 0 aliphatic heterocycles. The molecular formula is C10H9NO3. The van der Waals surface area contributed by atoms with E-state index in [1.807, 2.05) is 0 Å². The summed E-state index contributed by atoms with van der Waals surface area (Å²) in [5.41, 5.74) is 1.39. The predicted octanol–water partition coefficient (Wildman–Crippen LogP) is 2.06. The van der Waals surface area contributed by atoms with Gasteiger partial charge in [0, 0.05) is 19.9 Å². The van der Waals surface area contributed by atoms with E-state index in [4.69, 9.17) is 9.15 Å². The van der Waals surface area contributed by atoms with Crippen molar-refractivity contribution in [1.82, 2.24) is 4.98 Å². The standard InChI is InChI=1S/C10H9NO3/c1-6-11-9-5-8(14-7(2)12)3-4-10(9)13-6/h3-5H,1-2H3. The highest BCUT2D eigenvalue weighted by Crippen LogP contribution is 2.21. The minimum absolute atomic E-state index is 0.343. The lowest BCUT2D eigenvalue weighted by Gasteiger charge is -1.98. The van der Waals surface area contributed by atoms with Crippen LogP contribution in [0.4, 0.5) is 0 Å². The van der Waals surface area contributed by atoms with Crippen LogP contribution in [0.15, 0.2) is 22.6 Å². The SMILES string of the molecule is CC(=O)Oc1ccc2oc(C)nc2c1. The second-order valence-electron chi connectivity index (χ2n) is 2.96. The van der Waals surface area contributed by atoms with Crippen molar-refractivity contribution >= 4 is 17.1 Å². The third-order valence-corrected chi connectivity index (χ3v) is 1.73. The number of carbonyl (C=O) groups is 1. The normalized spacial score (nSPS) is 10.4. The van der Waals surface area contributed by atoms with Crippen molar-refractivity contribution in [3.8, 4) is 5.75 Å². The Kier molecular flexibility index (Phi) is 1.96. The Morgan fingerprint density at radius 2 is 2.29 bits per heavy atom. The van der Waals surface area contributed by atoms with E-state index in [0.29, 0.717) is 22.7 Å². The molecule has 4 heteroatoms. The van der Waals surface area contributed by atoms with Gasteiger partial charge in [-0.3, -0.25) is 4.79 Å². The number of hydrogen-bond donors (Lipinski definition) is 0. The van der Waals surface area contributed by atoms with Gasteiger partial charge >= 0.3 is 5.97 Å². The summed E-state index contributed by atoms with van der Waals surface area (Å²) < 4.78 is 10.2. The van der Waals surface area contributed by atoms with Gasteiger partial charge in [0.15, 0.2) is 11.5 Å². The van der Waals surface area contributed by atoms with Crippen LogP contribution in [0, 0.1) is 6.92 Å². The number of esters is 1. The summed E-state index contributed by atoms with van der Waals surface area (Å²) >= 11 is 0. The molecule has 0 radical (unpaired) electrons. The molecule has 1 aromatic carbocycles. The first-order chi connectivity index (χ1) is 6.65. The molecule has 14 heavy (non-hydrogen) atoms. The van der Waals surface area contributed by atoms with Gasteiger partial charge in [0.05, 0.1) is 0 Å². The van der Waals surface area contributed by atoms with Crippen LogP contribution < -0.4 is 4.74 Å². The topological polar surface area (TPSA) is 52.3 Å². The summed E-state index contributed by atoms with van der Waals surface area (Å²) in [5, 5.41) is 0. The number of benzene rings is 1. The van der Waals surface area contributed by atoms with E-state index in [0.717, 1.165) is 0 Å². The van der Waals surface area contributed by atoms with Crippen molar-refractivity contribution in [2.45, 2.75) is 13.8 Å². The molecule has 0 spiro atoms. The molecule has 0 saturated carbocycles. The Labute approximate surface area is 80.5 Å². The Morgan fingerprint density at radius 1 is 1.50 bits per heavy atom. The van der Waals surface area contributed by atoms with Crippen LogP contribution in [-0.2, 0) is 4.79 Å². The number of aryl methyl sites for hydroxylation is 1. The van der Waals surface area contributed by atoms with Gasteiger partial charge < -0.3 is 9.15 Å². The van der Waals surface area contributed by atoms with Gasteiger partial charge in [0.25, 0.3) is 0 Å². The van der Waals surface area contributed by atoms with E-state index in [1.165, 1.54) is 6.92 Å². The first kappa shape index (κ1) is 8.74. The van der Waals surface area contributed by atoms with Crippen LogP contribution in [-0.4, -0.2) is 11.0 Å². The Balaban J connectivity index is 2.45. The molecule has 0 aliphatic rings. The van der Waals surface area contributed by atoms with Crippen LogP contribution in [0.3, 0.4) is 0 Å². The van der Waals surface area contributed by atoms with Crippen LogP contribution in [0.5, 0.6) is 5.75 Å². The molecule has 0 saturated heterocycles. The van der Waals surface area contributed by atoms with Gasteiger partial charge in [-0.2, -0.15) is 0 Å². The Hall–Kier alpha value is -1.84. The van der Waals surface area contributed by atoms with Gasteiger partial charge in [-0.05, 0) is 12.1 Å². The maximum Gasteiger partial charge on any atom is 0.308 e. The van der Waals surface area contributed by atoms with Crippen molar-refractivity contribution in [3.05, 3.63) is 24.1 Å². The lowest BCUT2D eigenvalue weighted by molar-refractivity contribution is -0.131. The Morgan fingerprint density at radius 3 is 3.00 bits per heavy atom. The van der Waals surface area contributed by atoms with Crippen molar-refractivity contribution in [3.63, 3.8) is 0 Å². The number of fused-ring (bicyclic) bond motifs is 1. The van der Waals surface area contributed by atoms with Crippen LogP contribution in [0.25, 0.3) is 11.1 Å².